The Morgan fingerprint density at radius 3 is 2.46 bits per heavy atom. The summed E-state index contributed by atoms with van der Waals surface area (Å²) in [5.41, 5.74) is -0.813. The first kappa shape index (κ1) is 20.3. The van der Waals surface area contributed by atoms with Crippen molar-refractivity contribution in [2.24, 2.45) is 7.05 Å². The molecule has 0 atom stereocenters. The van der Waals surface area contributed by atoms with E-state index in [9.17, 15) is 22.4 Å². The molecule has 148 valence electrons. The maximum Gasteiger partial charge on any atom is 0.436 e. The molecule has 6 nitrogen and oxygen atoms in total. The van der Waals surface area contributed by atoms with Gasteiger partial charge in [-0.1, -0.05) is 23.7 Å². The summed E-state index contributed by atoms with van der Waals surface area (Å²) in [5.74, 6) is -1.28. The van der Waals surface area contributed by atoms with Gasteiger partial charge in [-0.3, -0.25) is 14.2 Å². The fraction of sp³-hybridized carbons (Fsp3) is 0.188. The van der Waals surface area contributed by atoms with Crippen molar-refractivity contribution >= 4 is 39.3 Å². The number of carbonyl (C=O) groups excluding carboxylic acids is 1. The van der Waals surface area contributed by atoms with E-state index >= 15 is 0 Å². The molecule has 2 aromatic heterocycles. The molecular weight excluding hydrogens is 470 g/mol. The zero-order valence-electron chi connectivity index (χ0n) is 14.1. The molecule has 2 heterocycles. The summed E-state index contributed by atoms with van der Waals surface area (Å²) in [4.78, 5) is 12.4. The average molecular weight is 481 g/mol. The molecule has 0 aliphatic rings. The van der Waals surface area contributed by atoms with Crippen LogP contribution >= 0.6 is 27.5 Å². The topological polar surface area (TPSA) is 64.7 Å². The van der Waals surface area contributed by atoms with Crippen molar-refractivity contribution in [1.82, 2.24) is 19.6 Å². The van der Waals surface area contributed by atoms with Gasteiger partial charge in [0.1, 0.15) is 16.5 Å². The molecule has 3 aromatic rings. The van der Waals surface area contributed by atoms with Crippen molar-refractivity contribution in [3.05, 3.63) is 62.7 Å². The highest BCUT2D eigenvalue weighted by molar-refractivity contribution is 9.10. The van der Waals surface area contributed by atoms with E-state index in [-0.39, 0.29) is 28.9 Å². The highest BCUT2D eigenvalue weighted by atomic mass is 79.9. The van der Waals surface area contributed by atoms with Gasteiger partial charge in [0.2, 0.25) is 0 Å². The van der Waals surface area contributed by atoms with Crippen molar-refractivity contribution in [1.29, 1.82) is 0 Å². The first-order valence-electron chi connectivity index (χ1n) is 7.64. The van der Waals surface area contributed by atoms with E-state index in [2.05, 4.69) is 31.4 Å². The summed E-state index contributed by atoms with van der Waals surface area (Å²) < 4.78 is 53.5. The summed E-state index contributed by atoms with van der Waals surface area (Å²) in [7, 11) is 1.21. The van der Waals surface area contributed by atoms with Gasteiger partial charge in [-0.25, -0.2) is 4.39 Å². The molecule has 1 aromatic carbocycles. The van der Waals surface area contributed by atoms with Crippen LogP contribution in [0.2, 0.25) is 5.02 Å². The van der Waals surface area contributed by atoms with Gasteiger partial charge in [0, 0.05) is 13.2 Å². The zero-order valence-corrected chi connectivity index (χ0v) is 16.4. The minimum Gasteiger partial charge on any atom is -0.302 e. The van der Waals surface area contributed by atoms with E-state index in [0.29, 0.717) is 0 Å². The average Bonchev–Trinajstić information content (AvgIpc) is 3.08. The number of carbonyl (C=O) groups is 1. The molecule has 0 radical (unpaired) electrons. The number of halogens is 6. The van der Waals surface area contributed by atoms with Crippen LogP contribution in [0.1, 0.15) is 21.7 Å². The number of aromatic nitrogens is 4. The van der Waals surface area contributed by atoms with Crippen molar-refractivity contribution in [3.8, 4) is 0 Å². The molecule has 0 unspecified atom stereocenters. The Labute approximate surface area is 169 Å². The van der Waals surface area contributed by atoms with Crippen LogP contribution in [0.25, 0.3) is 0 Å². The minimum atomic E-state index is -4.72. The third-order valence-corrected chi connectivity index (χ3v) is 4.71. The number of nitrogens with one attached hydrogen (secondary N) is 1. The number of benzene rings is 1. The number of alkyl halides is 3. The second kappa shape index (κ2) is 7.55. The second-order valence-electron chi connectivity index (χ2n) is 5.74. The predicted octanol–water partition coefficient (Wildman–Crippen LogP) is 4.49. The largest absolute Gasteiger partial charge is 0.436 e. The van der Waals surface area contributed by atoms with Crippen molar-refractivity contribution in [2.75, 3.05) is 5.32 Å². The van der Waals surface area contributed by atoms with E-state index < -0.39 is 22.3 Å². The first-order valence-corrected chi connectivity index (χ1v) is 8.82. The lowest BCUT2D eigenvalue weighted by molar-refractivity contribution is -0.142. The maximum absolute atomic E-state index is 13.0. The molecule has 12 heteroatoms. The lowest BCUT2D eigenvalue weighted by atomic mass is 10.2. The normalized spacial score (nSPS) is 11.7. The lowest BCUT2D eigenvalue weighted by Gasteiger charge is -2.05. The van der Waals surface area contributed by atoms with Crippen LogP contribution in [0.4, 0.5) is 23.4 Å². The molecular formula is C16H11BrClF4N5O. The van der Waals surface area contributed by atoms with Crippen LogP contribution in [0.5, 0.6) is 0 Å². The quantitative estimate of drug-likeness (QED) is 0.560. The van der Waals surface area contributed by atoms with Gasteiger partial charge >= 0.3 is 6.18 Å². The molecule has 0 saturated carbocycles. The molecule has 3 rings (SSSR count). The molecule has 0 bridgehead atoms. The fourth-order valence-electron chi connectivity index (χ4n) is 2.43. The molecule has 1 amide bonds. The summed E-state index contributed by atoms with van der Waals surface area (Å²) in [6.07, 6.45) is -3.29. The predicted molar refractivity (Wildman–Crippen MR) is 96.6 cm³/mol. The van der Waals surface area contributed by atoms with Gasteiger partial charge in [0.25, 0.3) is 5.91 Å². The van der Waals surface area contributed by atoms with E-state index in [4.69, 9.17) is 11.6 Å². The Morgan fingerprint density at radius 1 is 1.25 bits per heavy atom. The van der Waals surface area contributed by atoms with E-state index in [0.717, 1.165) is 10.2 Å². The van der Waals surface area contributed by atoms with E-state index in [1.165, 1.54) is 30.1 Å². The summed E-state index contributed by atoms with van der Waals surface area (Å²) in [6.45, 7) is 0.253. The summed E-state index contributed by atoms with van der Waals surface area (Å²) >= 11 is 8.83. The third-order valence-electron chi connectivity index (χ3n) is 3.68. The van der Waals surface area contributed by atoms with E-state index in [1.54, 1.807) is 12.1 Å². The smallest absolute Gasteiger partial charge is 0.302 e. The number of amides is 1. The number of aryl methyl sites for hydroxylation is 1. The van der Waals surface area contributed by atoms with Crippen LogP contribution in [0.3, 0.4) is 0 Å². The maximum atomic E-state index is 13.0. The molecule has 0 saturated heterocycles. The molecule has 1 N–H and O–H groups in total. The molecule has 0 spiro atoms. The Kier molecular flexibility index (Phi) is 5.48. The van der Waals surface area contributed by atoms with Crippen LogP contribution in [-0.4, -0.2) is 25.5 Å². The summed E-state index contributed by atoms with van der Waals surface area (Å²) in [5, 5.41) is 9.88. The lowest BCUT2D eigenvalue weighted by Crippen LogP contribution is -2.17. The highest BCUT2D eigenvalue weighted by Crippen LogP contribution is 2.36. The van der Waals surface area contributed by atoms with Crippen LogP contribution < -0.4 is 5.32 Å². The molecule has 0 fully saturated rings. The van der Waals surface area contributed by atoms with Crippen LogP contribution in [0, 0.1) is 5.82 Å². The molecule has 0 aliphatic carbocycles. The number of hydrogen-bond donors (Lipinski definition) is 1. The Balaban J connectivity index is 1.81. The summed E-state index contributed by atoms with van der Waals surface area (Å²) in [6, 6.07) is 5.71. The molecule has 0 aliphatic heterocycles. The van der Waals surface area contributed by atoms with Crippen LogP contribution in [-0.2, 0) is 19.8 Å². The standard InChI is InChI=1S/C16H11BrClF4N5O/c1-26-12(11(17)13(24-26)16(20,21)22)15(28)23-14-10(18)7-27(25-14)6-8-2-4-9(19)5-3-8/h2-5,7H,6H2,1H3,(H,23,25,28). The van der Waals surface area contributed by atoms with Crippen LogP contribution in [0.15, 0.2) is 34.9 Å². The van der Waals surface area contributed by atoms with Gasteiger partial charge in [-0.15, -0.1) is 0 Å². The Morgan fingerprint density at radius 2 is 1.89 bits per heavy atom. The van der Waals surface area contributed by atoms with Gasteiger partial charge < -0.3 is 5.32 Å². The van der Waals surface area contributed by atoms with Crippen molar-refractivity contribution in [3.63, 3.8) is 0 Å². The highest BCUT2D eigenvalue weighted by Gasteiger charge is 2.39. The van der Waals surface area contributed by atoms with E-state index in [1.807, 2.05) is 0 Å². The number of anilines is 1. The van der Waals surface area contributed by atoms with Crippen molar-refractivity contribution < 1.29 is 22.4 Å². The Hall–Kier alpha value is -2.40. The SMILES string of the molecule is Cn1nc(C(F)(F)F)c(Br)c1C(=O)Nc1nn(Cc2ccc(F)cc2)cc1Cl. The second-order valence-corrected chi connectivity index (χ2v) is 6.94. The first-order chi connectivity index (χ1) is 13.1. The molecule has 28 heavy (non-hydrogen) atoms. The minimum absolute atomic E-state index is 0.0320. The zero-order chi connectivity index (χ0) is 20.6. The fourth-order valence-corrected chi connectivity index (χ4v) is 3.37. The van der Waals surface area contributed by atoms with Gasteiger partial charge in [0.15, 0.2) is 11.5 Å². The monoisotopic (exact) mass is 479 g/mol. The number of nitrogens with zero attached hydrogens (tertiary/aromatic N) is 4. The number of hydrogen-bond acceptors (Lipinski definition) is 3. The van der Waals surface area contributed by atoms with Gasteiger partial charge in [-0.2, -0.15) is 23.4 Å². The number of rotatable bonds is 4. The van der Waals surface area contributed by atoms with Crippen molar-refractivity contribution in [2.45, 2.75) is 12.7 Å². The third kappa shape index (κ3) is 4.20. The Bertz CT molecular complexity index is 1030. The van der Waals surface area contributed by atoms with Gasteiger partial charge in [-0.05, 0) is 33.6 Å². The van der Waals surface area contributed by atoms with Gasteiger partial charge in [0.05, 0.1) is 11.0 Å².